The fraction of sp³-hybridized carbons (Fsp3) is 0.786. The largest absolute Gasteiger partial charge is 0.294 e. The molecule has 0 bridgehead atoms. The van der Waals surface area contributed by atoms with Crippen molar-refractivity contribution in [3.05, 3.63) is 11.6 Å². The van der Waals surface area contributed by atoms with Crippen LogP contribution in [0.2, 0.25) is 0 Å². The van der Waals surface area contributed by atoms with Crippen LogP contribution in [0.5, 0.6) is 0 Å². The Morgan fingerprint density at radius 3 is 2.33 bits per heavy atom. The van der Waals surface area contributed by atoms with Gasteiger partial charge in [-0.1, -0.05) is 45.6 Å². The molecule has 1 nitrogen and oxygen atoms in total. The lowest BCUT2D eigenvalue weighted by Gasteiger charge is -2.37. The van der Waals surface area contributed by atoms with Gasteiger partial charge in [0.25, 0.3) is 0 Å². The fourth-order valence-corrected chi connectivity index (χ4v) is 3.48. The van der Waals surface area contributed by atoms with Crippen LogP contribution >= 0.6 is 0 Å². The highest BCUT2D eigenvalue weighted by Crippen LogP contribution is 2.51. The highest BCUT2D eigenvalue weighted by Gasteiger charge is 2.48. The van der Waals surface area contributed by atoms with Crippen LogP contribution in [0.4, 0.5) is 0 Å². The van der Waals surface area contributed by atoms with Gasteiger partial charge in [-0.2, -0.15) is 0 Å². The summed E-state index contributed by atoms with van der Waals surface area (Å²) in [6.07, 6.45) is 8.02. The minimum Gasteiger partial charge on any atom is -0.294 e. The van der Waals surface area contributed by atoms with E-state index < -0.39 is 0 Å². The first-order valence-corrected chi connectivity index (χ1v) is 6.34. The van der Waals surface area contributed by atoms with Crippen LogP contribution in [0.1, 0.15) is 52.9 Å². The Labute approximate surface area is 92.9 Å². The molecular weight excluding hydrogens is 184 g/mol. The maximum atomic E-state index is 12.2. The zero-order valence-electron chi connectivity index (χ0n) is 10.2. The molecule has 84 valence electrons. The van der Waals surface area contributed by atoms with Gasteiger partial charge in [0.2, 0.25) is 0 Å². The molecule has 0 amide bonds. The summed E-state index contributed by atoms with van der Waals surface area (Å²) >= 11 is 0. The van der Waals surface area contributed by atoms with Crippen molar-refractivity contribution in [3.63, 3.8) is 0 Å². The van der Waals surface area contributed by atoms with Crippen LogP contribution in [0.15, 0.2) is 11.6 Å². The van der Waals surface area contributed by atoms with Gasteiger partial charge in [-0.25, -0.2) is 0 Å². The molecule has 1 saturated carbocycles. The minimum absolute atomic E-state index is 0.0118. The summed E-state index contributed by atoms with van der Waals surface area (Å²) in [5.41, 5.74) is 1.40. The molecule has 0 aliphatic heterocycles. The van der Waals surface area contributed by atoms with Gasteiger partial charge >= 0.3 is 0 Å². The number of carbonyl (C=O) groups excluding carboxylic acids is 1. The number of hydrogen-bond donors (Lipinski definition) is 0. The second-order valence-electron chi connectivity index (χ2n) is 5.60. The monoisotopic (exact) mass is 206 g/mol. The second-order valence-corrected chi connectivity index (χ2v) is 5.60. The Bertz CT molecular complexity index is 292. The first kappa shape index (κ1) is 10.9. The van der Waals surface area contributed by atoms with E-state index in [-0.39, 0.29) is 5.41 Å². The predicted octanol–water partition coefficient (Wildman–Crippen LogP) is 3.74. The summed E-state index contributed by atoms with van der Waals surface area (Å²) in [6.45, 7) is 6.68. The Morgan fingerprint density at radius 1 is 1.27 bits per heavy atom. The van der Waals surface area contributed by atoms with Crippen LogP contribution in [0.25, 0.3) is 0 Å². The first-order chi connectivity index (χ1) is 7.08. The van der Waals surface area contributed by atoms with Crippen LogP contribution in [-0.4, -0.2) is 5.78 Å². The average Bonchev–Trinajstić information content (AvgIpc) is 2.45. The smallest absolute Gasteiger partial charge is 0.162 e. The Balaban J connectivity index is 2.26. The second kappa shape index (κ2) is 3.77. The lowest BCUT2D eigenvalue weighted by atomic mass is 9.65. The Morgan fingerprint density at radius 2 is 1.87 bits per heavy atom. The van der Waals surface area contributed by atoms with Gasteiger partial charge in [0, 0.05) is 5.41 Å². The standard InChI is InChI=1S/C14H22O/c1-10(2)12-9-13(15)14(11(12)3)7-5-4-6-8-14/h9-11H,4-8H2,1-3H3. The number of carbonyl (C=O) groups is 1. The van der Waals surface area contributed by atoms with E-state index in [2.05, 4.69) is 20.8 Å². The lowest BCUT2D eigenvalue weighted by Crippen LogP contribution is -2.35. The van der Waals surface area contributed by atoms with Gasteiger partial charge in [-0.3, -0.25) is 4.79 Å². The highest BCUT2D eigenvalue weighted by molar-refractivity contribution is 5.99. The van der Waals surface area contributed by atoms with E-state index >= 15 is 0 Å². The van der Waals surface area contributed by atoms with Crippen molar-refractivity contribution in [3.8, 4) is 0 Å². The lowest BCUT2D eigenvalue weighted by molar-refractivity contribution is -0.126. The number of rotatable bonds is 1. The third kappa shape index (κ3) is 1.56. The summed E-state index contributed by atoms with van der Waals surface area (Å²) in [6, 6.07) is 0. The quantitative estimate of drug-likeness (QED) is 0.638. The molecule has 1 spiro atoms. The van der Waals surface area contributed by atoms with E-state index in [4.69, 9.17) is 0 Å². The molecule has 1 atom stereocenters. The molecule has 1 heteroatoms. The van der Waals surface area contributed by atoms with E-state index in [1.807, 2.05) is 6.08 Å². The van der Waals surface area contributed by atoms with Crippen molar-refractivity contribution in [1.29, 1.82) is 0 Å². The molecule has 15 heavy (non-hydrogen) atoms. The minimum atomic E-state index is 0.0118. The van der Waals surface area contributed by atoms with Gasteiger partial charge < -0.3 is 0 Å². The molecule has 0 aromatic rings. The summed E-state index contributed by atoms with van der Waals surface area (Å²) in [7, 11) is 0. The molecule has 0 radical (unpaired) electrons. The molecule has 0 heterocycles. The van der Waals surface area contributed by atoms with E-state index in [0.717, 1.165) is 12.8 Å². The van der Waals surface area contributed by atoms with Crippen molar-refractivity contribution in [2.75, 3.05) is 0 Å². The third-order valence-corrected chi connectivity index (χ3v) is 4.53. The topological polar surface area (TPSA) is 17.1 Å². The molecule has 0 saturated heterocycles. The molecule has 0 aromatic carbocycles. The highest BCUT2D eigenvalue weighted by atomic mass is 16.1. The van der Waals surface area contributed by atoms with E-state index in [1.165, 1.54) is 24.8 Å². The van der Waals surface area contributed by atoms with Gasteiger partial charge in [0.15, 0.2) is 5.78 Å². The molecule has 2 rings (SSSR count). The van der Waals surface area contributed by atoms with Crippen LogP contribution in [-0.2, 0) is 4.79 Å². The molecule has 1 fully saturated rings. The molecule has 2 aliphatic carbocycles. The zero-order valence-corrected chi connectivity index (χ0v) is 10.2. The third-order valence-electron chi connectivity index (χ3n) is 4.53. The van der Waals surface area contributed by atoms with Crippen molar-refractivity contribution >= 4 is 5.78 Å². The predicted molar refractivity (Wildman–Crippen MR) is 62.6 cm³/mol. The van der Waals surface area contributed by atoms with Crippen molar-refractivity contribution in [2.24, 2.45) is 17.3 Å². The molecule has 0 aromatic heterocycles. The number of allylic oxidation sites excluding steroid dienone is 2. The van der Waals surface area contributed by atoms with Gasteiger partial charge in [-0.15, -0.1) is 0 Å². The Kier molecular flexibility index (Phi) is 2.74. The van der Waals surface area contributed by atoms with Crippen molar-refractivity contribution < 1.29 is 4.79 Å². The number of hydrogen-bond acceptors (Lipinski definition) is 1. The summed E-state index contributed by atoms with van der Waals surface area (Å²) < 4.78 is 0. The van der Waals surface area contributed by atoms with E-state index in [0.29, 0.717) is 17.6 Å². The van der Waals surface area contributed by atoms with Crippen LogP contribution in [0.3, 0.4) is 0 Å². The first-order valence-electron chi connectivity index (χ1n) is 6.34. The van der Waals surface area contributed by atoms with Gasteiger partial charge in [0.1, 0.15) is 0 Å². The average molecular weight is 206 g/mol. The van der Waals surface area contributed by atoms with Crippen LogP contribution in [0, 0.1) is 17.3 Å². The molecule has 1 unspecified atom stereocenters. The summed E-state index contributed by atoms with van der Waals surface area (Å²) in [5.74, 6) is 1.45. The fourth-order valence-electron chi connectivity index (χ4n) is 3.48. The summed E-state index contributed by atoms with van der Waals surface area (Å²) in [4.78, 5) is 12.2. The van der Waals surface area contributed by atoms with Gasteiger partial charge in [-0.05, 0) is 30.8 Å². The van der Waals surface area contributed by atoms with Crippen molar-refractivity contribution in [1.82, 2.24) is 0 Å². The Hall–Kier alpha value is -0.590. The number of ketones is 1. The maximum Gasteiger partial charge on any atom is 0.162 e. The molecule has 2 aliphatic rings. The molecular formula is C14H22O. The summed E-state index contributed by atoms with van der Waals surface area (Å²) in [5, 5.41) is 0. The van der Waals surface area contributed by atoms with E-state index in [1.54, 1.807) is 0 Å². The SMILES string of the molecule is CC(C)C1=CC(=O)C2(CCCCC2)C1C. The van der Waals surface area contributed by atoms with Gasteiger partial charge in [0.05, 0.1) is 0 Å². The van der Waals surface area contributed by atoms with E-state index in [9.17, 15) is 4.79 Å². The normalized spacial score (nSPS) is 30.0. The zero-order chi connectivity index (χ0) is 11.1. The van der Waals surface area contributed by atoms with Crippen LogP contribution < -0.4 is 0 Å². The van der Waals surface area contributed by atoms with Crippen molar-refractivity contribution in [2.45, 2.75) is 52.9 Å². The molecule has 0 N–H and O–H groups in total. The maximum absolute atomic E-state index is 12.2.